The van der Waals surface area contributed by atoms with Crippen molar-refractivity contribution in [2.75, 3.05) is 27.8 Å². The zero-order chi connectivity index (χ0) is 19.2. The highest BCUT2D eigenvalue weighted by Gasteiger charge is 2.15. The van der Waals surface area contributed by atoms with Crippen LogP contribution in [0.15, 0.2) is 60.9 Å². The highest BCUT2D eigenvalue weighted by atomic mass is 16.1. The quantitative estimate of drug-likeness (QED) is 0.615. The molecular weight excluding hydrogens is 340 g/mol. The van der Waals surface area contributed by atoms with Crippen molar-refractivity contribution < 1.29 is 4.79 Å². The number of carbonyl (C=O) groups excluding carboxylic acids is 1. The van der Waals surface area contributed by atoms with Gasteiger partial charge >= 0.3 is 0 Å². The summed E-state index contributed by atoms with van der Waals surface area (Å²) in [7, 11) is 0. The zero-order valence-corrected chi connectivity index (χ0v) is 15.3. The third kappa shape index (κ3) is 4.33. The van der Waals surface area contributed by atoms with Crippen molar-refractivity contribution in [2.24, 2.45) is 0 Å². The molecule has 0 aliphatic carbocycles. The number of nitrogens with one attached hydrogen (secondary N) is 2. The summed E-state index contributed by atoms with van der Waals surface area (Å²) in [5, 5.41) is 5.94. The molecule has 0 aliphatic rings. The van der Waals surface area contributed by atoms with E-state index in [1.54, 1.807) is 0 Å². The van der Waals surface area contributed by atoms with Gasteiger partial charge in [-0.1, -0.05) is 18.2 Å². The molecule has 0 fully saturated rings. The Labute approximate surface area is 158 Å². The highest BCUT2D eigenvalue weighted by molar-refractivity contribution is 5.89. The number of nitrogens with zero attached hydrogens (tertiary/aromatic N) is 3. The van der Waals surface area contributed by atoms with E-state index in [2.05, 4.69) is 20.6 Å². The Hall–Kier alpha value is -3.61. The van der Waals surface area contributed by atoms with Crippen LogP contribution in [0.5, 0.6) is 0 Å². The minimum atomic E-state index is -0.110. The van der Waals surface area contributed by atoms with E-state index in [0.29, 0.717) is 17.3 Å². The Morgan fingerprint density at radius 3 is 2.33 bits per heavy atom. The standard InChI is InChI=1S/C20H22N6O/c1-3-26(17-7-5-4-6-8-17)20-18(21)19(22-13-23-20)25-16-11-9-15(10-12-16)24-14(2)27/h4-13H,3,21H2,1-2H3,(H,24,27)(H,22,23,25). The van der Waals surface area contributed by atoms with Gasteiger partial charge in [-0.05, 0) is 43.3 Å². The van der Waals surface area contributed by atoms with Crippen molar-refractivity contribution in [2.45, 2.75) is 13.8 Å². The summed E-state index contributed by atoms with van der Waals surface area (Å²) in [6.07, 6.45) is 1.49. The van der Waals surface area contributed by atoms with Gasteiger partial charge in [0.25, 0.3) is 0 Å². The molecule has 3 aromatic rings. The van der Waals surface area contributed by atoms with Crippen LogP contribution < -0.4 is 21.3 Å². The van der Waals surface area contributed by atoms with Crippen LogP contribution in [0.3, 0.4) is 0 Å². The van der Waals surface area contributed by atoms with Crippen molar-refractivity contribution in [3.63, 3.8) is 0 Å². The number of carbonyl (C=O) groups is 1. The first-order chi connectivity index (χ1) is 13.1. The minimum absolute atomic E-state index is 0.110. The molecule has 1 amide bonds. The van der Waals surface area contributed by atoms with Crippen molar-refractivity contribution in [1.82, 2.24) is 9.97 Å². The number of aromatic nitrogens is 2. The van der Waals surface area contributed by atoms with Crippen LogP contribution in [-0.2, 0) is 4.79 Å². The number of anilines is 6. The molecule has 7 heteroatoms. The van der Waals surface area contributed by atoms with Gasteiger partial charge in [0.1, 0.15) is 12.0 Å². The summed E-state index contributed by atoms with van der Waals surface area (Å²) in [4.78, 5) is 21.8. The minimum Gasteiger partial charge on any atom is -0.393 e. The van der Waals surface area contributed by atoms with Crippen LogP contribution in [0, 0.1) is 0 Å². The normalized spacial score (nSPS) is 10.3. The van der Waals surface area contributed by atoms with Gasteiger partial charge in [-0.25, -0.2) is 9.97 Å². The Balaban J connectivity index is 1.85. The molecule has 0 atom stereocenters. The molecule has 4 N–H and O–H groups in total. The number of hydrogen-bond donors (Lipinski definition) is 3. The Morgan fingerprint density at radius 2 is 1.70 bits per heavy atom. The summed E-state index contributed by atoms with van der Waals surface area (Å²) >= 11 is 0. The predicted molar refractivity (Wildman–Crippen MR) is 110 cm³/mol. The lowest BCUT2D eigenvalue weighted by atomic mass is 10.2. The monoisotopic (exact) mass is 362 g/mol. The van der Waals surface area contributed by atoms with Crippen molar-refractivity contribution in [1.29, 1.82) is 0 Å². The second kappa shape index (κ2) is 8.18. The van der Waals surface area contributed by atoms with Gasteiger partial charge in [-0.15, -0.1) is 0 Å². The van der Waals surface area contributed by atoms with E-state index in [1.807, 2.05) is 66.4 Å². The molecule has 138 valence electrons. The number of nitrogens with two attached hydrogens (primary N) is 1. The van der Waals surface area contributed by atoms with Gasteiger partial charge < -0.3 is 21.3 Å². The van der Waals surface area contributed by atoms with Crippen LogP contribution in [0.25, 0.3) is 0 Å². The molecule has 0 bridgehead atoms. The fourth-order valence-electron chi connectivity index (χ4n) is 2.74. The molecule has 3 rings (SSSR count). The lowest BCUT2D eigenvalue weighted by molar-refractivity contribution is -0.114. The molecule has 0 spiro atoms. The molecule has 0 saturated heterocycles. The van der Waals surface area contributed by atoms with Gasteiger partial charge in [-0.3, -0.25) is 4.79 Å². The van der Waals surface area contributed by atoms with Gasteiger partial charge in [-0.2, -0.15) is 0 Å². The topological polar surface area (TPSA) is 96.2 Å². The molecule has 1 aromatic heterocycles. The number of rotatable bonds is 6. The van der Waals surface area contributed by atoms with E-state index in [4.69, 9.17) is 5.73 Å². The molecule has 2 aromatic carbocycles. The van der Waals surface area contributed by atoms with Crippen molar-refractivity contribution in [3.05, 3.63) is 60.9 Å². The van der Waals surface area contributed by atoms with Crippen molar-refractivity contribution >= 4 is 40.3 Å². The first-order valence-electron chi connectivity index (χ1n) is 8.66. The average Bonchev–Trinajstić information content (AvgIpc) is 2.67. The molecule has 0 aliphatic heterocycles. The van der Waals surface area contributed by atoms with Gasteiger partial charge in [0.15, 0.2) is 11.6 Å². The van der Waals surface area contributed by atoms with E-state index in [-0.39, 0.29) is 5.91 Å². The molecule has 7 nitrogen and oxygen atoms in total. The van der Waals surface area contributed by atoms with Crippen molar-refractivity contribution in [3.8, 4) is 0 Å². The number of benzene rings is 2. The van der Waals surface area contributed by atoms with Gasteiger partial charge in [0.05, 0.1) is 0 Å². The van der Waals surface area contributed by atoms with Crippen LogP contribution in [0.1, 0.15) is 13.8 Å². The molecule has 0 radical (unpaired) electrons. The van der Waals surface area contributed by atoms with Crippen LogP contribution in [-0.4, -0.2) is 22.4 Å². The maximum atomic E-state index is 11.1. The molecule has 0 unspecified atom stereocenters. The van der Waals surface area contributed by atoms with Crippen LogP contribution in [0.2, 0.25) is 0 Å². The van der Waals surface area contributed by atoms with E-state index < -0.39 is 0 Å². The lowest BCUT2D eigenvalue weighted by Crippen LogP contribution is -2.19. The number of amides is 1. The predicted octanol–water partition coefficient (Wildman–Crippen LogP) is 3.92. The van der Waals surface area contributed by atoms with Gasteiger partial charge in [0.2, 0.25) is 5.91 Å². The summed E-state index contributed by atoms with van der Waals surface area (Å²) in [6.45, 7) is 4.24. The Morgan fingerprint density at radius 1 is 1.04 bits per heavy atom. The van der Waals surface area contributed by atoms with Crippen LogP contribution >= 0.6 is 0 Å². The number of hydrogen-bond acceptors (Lipinski definition) is 6. The second-order valence-corrected chi connectivity index (χ2v) is 5.92. The van der Waals surface area contributed by atoms with E-state index >= 15 is 0 Å². The first kappa shape index (κ1) is 18.2. The zero-order valence-electron chi connectivity index (χ0n) is 15.3. The largest absolute Gasteiger partial charge is 0.393 e. The Kier molecular flexibility index (Phi) is 5.51. The average molecular weight is 362 g/mol. The molecule has 0 saturated carbocycles. The maximum Gasteiger partial charge on any atom is 0.221 e. The lowest BCUT2D eigenvalue weighted by Gasteiger charge is -2.24. The molecule has 1 heterocycles. The van der Waals surface area contributed by atoms with E-state index in [0.717, 1.165) is 23.6 Å². The summed E-state index contributed by atoms with van der Waals surface area (Å²) in [5.74, 6) is 1.07. The van der Waals surface area contributed by atoms with Gasteiger partial charge in [0, 0.05) is 30.5 Å². The van der Waals surface area contributed by atoms with E-state index in [9.17, 15) is 4.79 Å². The smallest absolute Gasteiger partial charge is 0.221 e. The van der Waals surface area contributed by atoms with E-state index in [1.165, 1.54) is 13.3 Å². The fraction of sp³-hybridized carbons (Fsp3) is 0.150. The molecule has 27 heavy (non-hydrogen) atoms. The molecular formula is C20H22N6O. The second-order valence-electron chi connectivity index (χ2n) is 5.92. The van der Waals surface area contributed by atoms with Crippen LogP contribution in [0.4, 0.5) is 34.4 Å². The summed E-state index contributed by atoms with van der Waals surface area (Å²) in [6, 6.07) is 17.3. The fourth-order valence-corrected chi connectivity index (χ4v) is 2.74. The third-order valence-corrected chi connectivity index (χ3v) is 3.97. The maximum absolute atomic E-state index is 11.1. The first-order valence-corrected chi connectivity index (χ1v) is 8.66. The highest BCUT2D eigenvalue weighted by Crippen LogP contribution is 2.32. The summed E-state index contributed by atoms with van der Waals surface area (Å²) < 4.78 is 0. The SMILES string of the molecule is CCN(c1ccccc1)c1ncnc(Nc2ccc(NC(C)=O)cc2)c1N. The number of nitrogen functional groups attached to an aromatic ring is 1. The third-order valence-electron chi connectivity index (χ3n) is 3.97. The summed E-state index contributed by atoms with van der Waals surface area (Å²) in [5.41, 5.74) is 9.37. The number of para-hydroxylation sites is 1. The Bertz CT molecular complexity index is 912.